The molecule has 66 valence electrons. The SMILES string of the molecule is CCn1nc(NC)cc1B(O)O. The van der Waals surface area contributed by atoms with E-state index < -0.39 is 7.12 Å². The van der Waals surface area contributed by atoms with Crippen LogP contribution >= 0.6 is 0 Å². The van der Waals surface area contributed by atoms with Crippen LogP contribution in [0.3, 0.4) is 0 Å². The maximum absolute atomic E-state index is 8.91. The third-order valence-electron chi connectivity index (χ3n) is 1.63. The van der Waals surface area contributed by atoms with Gasteiger partial charge in [-0.15, -0.1) is 0 Å². The second-order valence-electron chi connectivity index (χ2n) is 2.39. The smallest absolute Gasteiger partial charge is 0.422 e. The first kappa shape index (κ1) is 9.09. The summed E-state index contributed by atoms with van der Waals surface area (Å²) >= 11 is 0. The Morgan fingerprint density at radius 1 is 1.67 bits per heavy atom. The summed E-state index contributed by atoms with van der Waals surface area (Å²) in [5.41, 5.74) is 0.404. The third-order valence-corrected chi connectivity index (χ3v) is 1.63. The van der Waals surface area contributed by atoms with E-state index in [-0.39, 0.29) is 0 Å². The van der Waals surface area contributed by atoms with Crippen molar-refractivity contribution in [3.8, 4) is 0 Å². The van der Waals surface area contributed by atoms with Crippen LogP contribution < -0.4 is 10.9 Å². The van der Waals surface area contributed by atoms with Crippen molar-refractivity contribution < 1.29 is 10.0 Å². The van der Waals surface area contributed by atoms with E-state index >= 15 is 0 Å². The largest absolute Gasteiger partial charge is 0.507 e. The third kappa shape index (κ3) is 1.59. The van der Waals surface area contributed by atoms with Crippen molar-refractivity contribution >= 4 is 18.5 Å². The molecule has 0 spiro atoms. The van der Waals surface area contributed by atoms with Crippen molar-refractivity contribution in [2.45, 2.75) is 13.5 Å². The summed E-state index contributed by atoms with van der Waals surface area (Å²) < 4.78 is 1.54. The predicted octanol–water partition coefficient (Wildman–Crippen LogP) is -1.38. The highest BCUT2D eigenvalue weighted by Crippen LogP contribution is 1.98. The minimum atomic E-state index is -1.46. The number of nitrogens with zero attached hydrogens (tertiary/aromatic N) is 2. The summed E-state index contributed by atoms with van der Waals surface area (Å²) in [6.07, 6.45) is 0. The number of hydrogen-bond acceptors (Lipinski definition) is 4. The lowest BCUT2D eigenvalue weighted by Gasteiger charge is -2.00. The molecular weight excluding hydrogens is 157 g/mol. The summed E-state index contributed by atoms with van der Waals surface area (Å²) in [7, 11) is 0.273. The molecule has 1 aromatic rings. The highest BCUT2D eigenvalue weighted by atomic mass is 16.4. The standard InChI is InChI=1S/C6H12BN3O2/c1-3-10-5(7(11)12)4-6(8-2)9-10/h4,11-12H,3H2,1-2H3,(H,8,9). The number of aryl methyl sites for hydroxylation is 1. The molecule has 1 rings (SSSR count). The highest BCUT2D eigenvalue weighted by molar-refractivity contribution is 6.57. The zero-order valence-electron chi connectivity index (χ0n) is 7.15. The number of rotatable bonds is 3. The molecule has 0 unspecified atom stereocenters. The molecule has 6 heteroatoms. The summed E-state index contributed by atoms with van der Waals surface area (Å²) in [5, 5.41) is 24.7. The second kappa shape index (κ2) is 3.60. The molecule has 5 nitrogen and oxygen atoms in total. The Balaban J connectivity index is 3.00. The molecule has 0 fully saturated rings. The molecule has 0 aromatic carbocycles. The molecule has 0 atom stereocenters. The van der Waals surface area contributed by atoms with Crippen molar-refractivity contribution in [2.24, 2.45) is 0 Å². The van der Waals surface area contributed by atoms with Crippen LogP contribution in [0.4, 0.5) is 5.82 Å². The Kier molecular flexibility index (Phi) is 2.72. The first-order valence-corrected chi connectivity index (χ1v) is 3.80. The topological polar surface area (TPSA) is 70.3 Å². The van der Waals surface area contributed by atoms with Gasteiger partial charge in [-0.25, -0.2) is 0 Å². The quantitative estimate of drug-likeness (QED) is 0.488. The Hall–Kier alpha value is -1.01. The van der Waals surface area contributed by atoms with Crippen molar-refractivity contribution in [2.75, 3.05) is 12.4 Å². The first-order chi connectivity index (χ1) is 5.69. The molecule has 1 aromatic heterocycles. The number of aromatic nitrogens is 2. The molecule has 0 aliphatic rings. The van der Waals surface area contributed by atoms with Gasteiger partial charge >= 0.3 is 7.12 Å². The lowest BCUT2D eigenvalue weighted by molar-refractivity contribution is 0.420. The van der Waals surface area contributed by atoms with E-state index in [1.54, 1.807) is 13.1 Å². The molecule has 0 bridgehead atoms. The minimum absolute atomic E-state index is 0.404. The molecule has 0 radical (unpaired) electrons. The normalized spacial score (nSPS) is 10.0. The van der Waals surface area contributed by atoms with Crippen LogP contribution in [-0.4, -0.2) is 34.0 Å². The Bertz CT molecular complexity index is 261. The molecule has 0 saturated carbocycles. The Labute approximate surface area is 71.2 Å². The fourth-order valence-electron chi connectivity index (χ4n) is 1.01. The van der Waals surface area contributed by atoms with Crippen molar-refractivity contribution in [3.63, 3.8) is 0 Å². The lowest BCUT2D eigenvalue weighted by Crippen LogP contribution is -2.36. The number of nitrogens with one attached hydrogen (secondary N) is 1. The second-order valence-corrected chi connectivity index (χ2v) is 2.39. The minimum Gasteiger partial charge on any atom is -0.422 e. The van der Waals surface area contributed by atoms with Gasteiger partial charge in [-0.2, -0.15) is 5.10 Å². The fraction of sp³-hybridized carbons (Fsp3) is 0.500. The maximum atomic E-state index is 8.91. The molecule has 3 N–H and O–H groups in total. The highest BCUT2D eigenvalue weighted by Gasteiger charge is 2.17. The average Bonchev–Trinajstić information content (AvgIpc) is 2.47. The molecule has 1 heterocycles. The number of anilines is 1. The molecule has 12 heavy (non-hydrogen) atoms. The van der Waals surface area contributed by atoms with E-state index in [4.69, 9.17) is 10.0 Å². The van der Waals surface area contributed by atoms with Crippen LogP contribution in [0.1, 0.15) is 6.92 Å². The van der Waals surface area contributed by atoms with Crippen LogP contribution in [0.25, 0.3) is 0 Å². The van der Waals surface area contributed by atoms with Crippen LogP contribution in [0.15, 0.2) is 6.07 Å². The van der Waals surface area contributed by atoms with E-state index in [0.29, 0.717) is 18.0 Å². The monoisotopic (exact) mass is 169 g/mol. The van der Waals surface area contributed by atoms with Crippen LogP contribution in [0.2, 0.25) is 0 Å². The van der Waals surface area contributed by atoms with Gasteiger partial charge in [0, 0.05) is 13.6 Å². The summed E-state index contributed by atoms with van der Waals surface area (Å²) in [6, 6.07) is 1.61. The van der Waals surface area contributed by atoms with Crippen molar-refractivity contribution in [1.29, 1.82) is 0 Å². The Morgan fingerprint density at radius 2 is 2.33 bits per heavy atom. The molecule has 0 aliphatic carbocycles. The van der Waals surface area contributed by atoms with Gasteiger partial charge in [-0.3, -0.25) is 4.68 Å². The molecular formula is C6H12BN3O2. The molecule has 0 amide bonds. The van der Waals surface area contributed by atoms with Crippen molar-refractivity contribution in [3.05, 3.63) is 6.07 Å². The van der Waals surface area contributed by atoms with Crippen LogP contribution in [0, 0.1) is 0 Å². The van der Waals surface area contributed by atoms with Crippen molar-refractivity contribution in [1.82, 2.24) is 9.78 Å². The van der Waals surface area contributed by atoms with Gasteiger partial charge in [-0.1, -0.05) is 0 Å². The zero-order valence-corrected chi connectivity index (χ0v) is 7.15. The first-order valence-electron chi connectivity index (χ1n) is 3.80. The van der Waals surface area contributed by atoms with Gasteiger partial charge in [0.05, 0.1) is 5.59 Å². The molecule has 0 saturated heterocycles. The lowest BCUT2D eigenvalue weighted by atomic mass is 9.86. The van der Waals surface area contributed by atoms with Gasteiger partial charge in [0.25, 0.3) is 0 Å². The Morgan fingerprint density at radius 3 is 2.67 bits per heavy atom. The van der Waals surface area contributed by atoms with Gasteiger partial charge in [-0.05, 0) is 13.0 Å². The van der Waals surface area contributed by atoms with E-state index in [2.05, 4.69) is 10.4 Å². The van der Waals surface area contributed by atoms with Crippen LogP contribution in [-0.2, 0) is 6.54 Å². The van der Waals surface area contributed by atoms with Gasteiger partial charge < -0.3 is 15.4 Å². The van der Waals surface area contributed by atoms with E-state index in [9.17, 15) is 0 Å². The fourth-order valence-corrected chi connectivity index (χ4v) is 1.01. The van der Waals surface area contributed by atoms with Gasteiger partial charge in [0.2, 0.25) is 0 Å². The molecule has 0 aliphatic heterocycles. The average molecular weight is 169 g/mol. The van der Waals surface area contributed by atoms with Crippen LogP contribution in [0.5, 0.6) is 0 Å². The predicted molar refractivity (Wildman–Crippen MR) is 47.3 cm³/mol. The summed E-state index contributed by atoms with van der Waals surface area (Å²) in [5.74, 6) is 0.639. The van der Waals surface area contributed by atoms with E-state index in [1.165, 1.54) is 4.68 Å². The van der Waals surface area contributed by atoms with E-state index in [0.717, 1.165) is 0 Å². The van der Waals surface area contributed by atoms with E-state index in [1.807, 2.05) is 6.92 Å². The number of hydrogen-bond donors (Lipinski definition) is 3. The van der Waals surface area contributed by atoms with Gasteiger partial charge in [0.1, 0.15) is 5.82 Å². The van der Waals surface area contributed by atoms with Gasteiger partial charge in [0.15, 0.2) is 0 Å². The summed E-state index contributed by atoms with van der Waals surface area (Å²) in [6.45, 7) is 2.51. The zero-order chi connectivity index (χ0) is 9.14. The summed E-state index contributed by atoms with van der Waals surface area (Å²) in [4.78, 5) is 0. The maximum Gasteiger partial charge on any atom is 0.507 e.